The molecule has 1 aliphatic rings. The normalized spacial score (nSPS) is 15.2. The second kappa shape index (κ2) is 9.09. The van der Waals surface area contributed by atoms with Gasteiger partial charge in [0.05, 0.1) is 27.4 Å². The highest BCUT2D eigenvalue weighted by Gasteiger charge is 2.36. The van der Waals surface area contributed by atoms with Gasteiger partial charge >= 0.3 is 0 Å². The summed E-state index contributed by atoms with van der Waals surface area (Å²) in [5, 5.41) is 0.255. The monoisotopic (exact) mass is 455 g/mol. The van der Waals surface area contributed by atoms with Crippen molar-refractivity contribution in [3.8, 4) is 17.2 Å². The largest absolute Gasteiger partial charge is 0.497 e. The van der Waals surface area contributed by atoms with Gasteiger partial charge in [-0.25, -0.2) is 4.39 Å². The van der Waals surface area contributed by atoms with E-state index in [1.807, 2.05) is 6.07 Å². The average Bonchev–Trinajstić information content (AvgIpc) is 2.82. The third kappa shape index (κ3) is 3.86. The first-order valence-electron chi connectivity index (χ1n) is 10.1. The van der Waals surface area contributed by atoms with Gasteiger partial charge in [0, 0.05) is 22.7 Å². The van der Waals surface area contributed by atoms with Crippen LogP contribution in [0.2, 0.25) is 5.02 Å². The summed E-state index contributed by atoms with van der Waals surface area (Å²) in [4.78, 5) is 15.2. The van der Waals surface area contributed by atoms with Gasteiger partial charge in [-0.1, -0.05) is 17.7 Å². The van der Waals surface area contributed by atoms with Gasteiger partial charge in [-0.05, 0) is 66.1 Å². The molecule has 3 aromatic rings. The lowest BCUT2D eigenvalue weighted by Gasteiger charge is -2.38. The molecule has 1 atom stereocenters. The summed E-state index contributed by atoms with van der Waals surface area (Å²) >= 11 is 6.47. The molecular weight excluding hydrogens is 433 g/mol. The molecule has 0 radical (unpaired) electrons. The smallest absolute Gasteiger partial charge is 0.254 e. The molecule has 166 valence electrons. The number of nitrogens with zero attached hydrogens (tertiary/aromatic N) is 1. The third-order valence-electron chi connectivity index (χ3n) is 5.74. The zero-order valence-corrected chi connectivity index (χ0v) is 18.8. The highest BCUT2D eigenvalue weighted by molar-refractivity contribution is 6.31. The molecule has 3 aromatic carbocycles. The van der Waals surface area contributed by atoms with Crippen LogP contribution in [0.25, 0.3) is 0 Å². The van der Waals surface area contributed by atoms with E-state index in [2.05, 4.69) is 0 Å². The molecular formula is C25H23ClFNO4. The standard InChI is InChI=1S/C25H23ClFNO4/c1-30-17-9-7-15(8-10-17)25(29)28-12-11-16-13-21(31-2)22(32-3)14-18(16)24(28)23-19(26)5-4-6-20(23)27/h4-10,13-14,24H,11-12H2,1-3H3/t24-/m0/s1. The predicted octanol–water partition coefficient (Wildman–Crippen LogP) is 5.29. The Kier molecular flexibility index (Phi) is 6.24. The third-order valence-corrected chi connectivity index (χ3v) is 6.07. The van der Waals surface area contributed by atoms with Gasteiger partial charge in [0.1, 0.15) is 11.6 Å². The Labute approximate surface area is 191 Å². The first-order chi connectivity index (χ1) is 15.5. The molecule has 4 rings (SSSR count). The van der Waals surface area contributed by atoms with Crippen LogP contribution in [-0.2, 0) is 6.42 Å². The summed E-state index contributed by atoms with van der Waals surface area (Å²) in [6.07, 6.45) is 0.583. The fraction of sp³-hybridized carbons (Fsp3) is 0.240. The van der Waals surface area contributed by atoms with Crippen molar-refractivity contribution in [2.24, 2.45) is 0 Å². The van der Waals surface area contributed by atoms with Gasteiger partial charge in [-0.15, -0.1) is 0 Å². The van der Waals surface area contributed by atoms with Gasteiger partial charge in [0.2, 0.25) is 0 Å². The van der Waals surface area contributed by atoms with Crippen LogP contribution in [0.1, 0.15) is 33.1 Å². The van der Waals surface area contributed by atoms with E-state index in [4.69, 9.17) is 25.8 Å². The molecule has 0 aliphatic carbocycles. The van der Waals surface area contributed by atoms with Gasteiger partial charge in [0.25, 0.3) is 5.91 Å². The van der Waals surface area contributed by atoms with Crippen LogP contribution in [0.4, 0.5) is 4.39 Å². The summed E-state index contributed by atoms with van der Waals surface area (Å²) in [5.41, 5.74) is 2.44. The van der Waals surface area contributed by atoms with E-state index in [1.54, 1.807) is 68.7 Å². The zero-order chi connectivity index (χ0) is 22.8. The Balaban J connectivity index is 1.88. The van der Waals surface area contributed by atoms with Crippen LogP contribution < -0.4 is 14.2 Å². The minimum absolute atomic E-state index is 0.225. The van der Waals surface area contributed by atoms with Gasteiger partial charge in [0.15, 0.2) is 11.5 Å². The maximum absolute atomic E-state index is 15.1. The van der Waals surface area contributed by atoms with E-state index in [1.165, 1.54) is 6.07 Å². The van der Waals surface area contributed by atoms with Crippen LogP contribution in [-0.4, -0.2) is 38.7 Å². The van der Waals surface area contributed by atoms with Crippen molar-refractivity contribution in [3.05, 3.63) is 87.7 Å². The molecule has 5 nitrogen and oxygen atoms in total. The van der Waals surface area contributed by atoms with Gasteiger partial charge in [-0.2, -0.15) is 0 Å². The molecule has 1 amide bonds. The highest BCUT2D eigenvalue weighted by atomic mass is 35.5. The number of carbonyl (C=O) groups excluding carboxylic acids is 1. The van der Waals surface area contributed by atoms with Crippen molar-refractivity contribution >= 4 is 17.5 Å². The molecule has 0 bridgehead atoms. The highest BCUT2D eigenvalue weighted by Crippen LogP contribution is 2.44. The molecule has 0 unspecified atom stereocenters. The summed E-state index contributed by atoms with van der Waals surface area (Å²) < 4.78 is 31.2. The maximum atomic E-state index is 15.1. The summed E-state index contributed by atoms with van der Waals surface area (Å²) in [6.45, 7) is 0.392. The van der Waals surface area contributed by atoms with E-state index < -0.39 is 11.9 Å². The second-order valence-electron chi connectivity index (χ2n) is 7.42. The number of hydrogen-bond acceptors (Lipinski definition) is 4. The summed E-state index contributed by atoms with van der Waals surface area (Å²) in [6, 6.07) is 14.3. The summed E-state index contributed by atoms with van der Waals surface area (Å²) in [7, 11) is 4.67. The number of carbonyl (C=O) groups is 1. The van der Waals surface area contributed by atoms with E-state index in [0.717, 1.165) is 11.1 Å². The van der Waals surface area contributed by atoms with Crippen LogP contribution in [0.15, 0.2) is 54.6 Å². The average molecular weight is 456 g/mol. The number of fused-ring (bicyclic) bond motifs is 1. The first-order valence-corrected chi connectivity index (χ1v) is 10.5. The molecule has 0 spiro atoms. The van der Waals surface area contributed by atoms with Gasteiger partial charge in [-0.3, -0.25) is 4.79 Å². The number of amides is 1. The molecule has 1 aliphatic heterocycles. The quantitative estimate of drug-likeness (QED) is 0.524. The number of benzene rings is 3. The fourth-order valence-corrected chi connectivity index (χ4v) is 4.41. The molecule has 0 N–H and O–H groups in total. The molecule has 0 saturated heterocycles. The molecule has 32 heavy (non-hydrogen) atoms. The summed E-state index contributed by atoms with van der Waals surface area (Å²) in [5.74, 6) is 1.04. The molecule has 0 fully saturated rings. The van der Waals surface area contributed by atoms with E-state index in [9.17, 15) is 4.79 Å². The molecule has 1 heterocycles. The molecule has 7 heteroatoms. The minimum Gasteiger partial charge on any atom is -0.497 e. The van der Waals surface area contributed by atoms with Crippen LogP contribution >= 0.6 is 11.6 Å². The number of halogens is 2. The Bertz CT molecular complexity index is 1130. The Morgan fingerprint density at radius 2 is 1.69 bits per heavy atom. The number of hydrogen-bond donors (Lipinski definition) is 0. The lowest BCUT2D eigenvalue weighted by Crippen LogP contribution is -2.41. The Morgan fingerprint density at radius 3 is 2.31 bits per heavy atom. The van der Waals surface area contributed by atoms with Crippen LogP contribution in [0, 0.1) is 5.82 Å². The number of ether oxygens (including phenoxy) is 3. The SMILES string of the molecule is COc1ccc(C(=O)N2CCc3cc(OC)c(OC)cc3[C@H]2c2c(F)cccc2Cl)cc1. The van der Waals surface area contributed by atoms with E-state index in [-0.39, 0.29) is 16.5 Å². The lowest BCUT2D eigenvalue weighted by molar-refractivity contribution is 0.0691. The van der Waals surface area contributed by atoms with Crippen molar-refractivity contribution in [1.29, 1.82) is 0 Å². The van der Waals surface area contributed by atoms with E-state index >= 15 is 4.39 Å². The zero-order valence-electron chi connectivity index (χ0n) is 18.0. The van der Waals surface area contributed by atoms with E-state index in [0.29, 0.717) is 35.8 Å². The molecule has 0 saturated carbocycles. The van der Waals surface area contributed by atoms with Crippen molar-refractivity contribution in [1.82, 2.24) is 4.90 Å². The second-order valence-corrected chi connectivity index (χ2v) is 7.83. The number of methoxy groups -OCH3 is 3. The fourth-order valence-electron chi connectivity index (χ4n) is 4.15. The van der Waals surface area contributed by atoms with Crippen molar-refractivity contribution in [3.63, 3.8) is 0 Å². The topological polar surface area (TPSA) is 48.0 Å². The maximum Gasteiger partial charge on any atom is 0.254 e. The Hall–Kier alpha value is -3.25. The minimum atomic E-state index is -0.721. The first kappa shape index (κ1) is 22.0. The number of rotatable bonds is 5. The van der Waals surface area contributed by atoms with Crippen molar-refractivity contribution in [2.45, 2.75) is 12.5 Å². The lowest BCUT2D eigenvalue weighted by atomic mass is 9.87. The van der Waals surface area contributed by atoms with Crippen LogP contribution in [0.3, 0.4) is 0 Å². The predicted molar refractivity (Wildman–Crippen MR) is 121 cm³/mol. The van der Waals surface area contributed by atoms with Crippen molar-refractivity contribution < 1.29 is 23.4 Å². The Morgan fingerprint density at radius 1 is 1.00 bits per heavy atom. The van der Waals surface area contributed by atoms with Crippen molar-refractivity contribution in [2.75, 3.05) is 27.9 Å². The molecule has 0 aromatic heterocycles. The van der Waals surface area contributed by atoms with Crippen LogP contribution in [0.5, 0.6) is 17.2 Å². The van der Waals surface area contributed by atoms with Gasteiger partial charge < -0.3 is 19.1 Å².